The number of carbonyl (C=O) groups excluding carboxylic acids is 1. The molecule has 0 spiro atoms. The van der Waals surface area contributed by atoms with Crippen molar-refractivity contribution in [3.63, 3.8) is 0 Å². The van der Waals surface area contributed by atoms with Crippen molar-refractivity contribution in [1.82, 2.24) is 24.7 Å². The van der Waals surface area contributed by atoms with E-state index in [1.165, 1.54) is 11.8 Å². The van der Waals surface area contributed by atoms with Gasteiger partial charge in [-0.1, -0.05) is 23.4 Å². The molecule has 0 radical (unpaired) electrons. The van der Waals surface area contributed by atoms with Gasteiger partial charge in [-0.25, -0.2) is 0 Å². The molecule has 3 heterocycles. The molecule has 1 aliphatic rings. The summed E-state index contributed by atoms with van der Waals surface area (Å²) < 4.78 is 6.92. The fourth-order valence-electron chi connectivity index (χ4n) is 3.86. The summed E-state index contributed by atoms with van der Waals surface area (Å²) in [6.45, 7) is 2.95. The number of piperazine rings is 1. The van der Waals surface area contributed by atoms with Crippen LogP contribution < -0.4 is 9.64 Å². The molecule has 10 heteroatoms. The molecule has 1 fully saturated rings. The first kappa shape index (κ1) is 22.5. The van der Waals surface area contributed by atoms with Crippen molar-refractivity contribution in [3.8, 4) is 17.0 Å². The Hall–Kier alpha value is -3.30. The zero-order valence-corrected chi connectivity index (χ0v) is 20.2. The van der Waals surface area contributed by atoms with Crippen molar-refractivity contribution in [2.45, 2.75) is 5.16 Å². The molecule has 1 saturated heterocycles. The van der Waals surface area contributed by atoms with Gasteiger partial charge in [-0.3, -0.25) is 4.79 Å². The van der Waals surface area contributed by atoms with E-state index >= 15 is 0 Å². The third-order valence-corrected chi connectivity index (χ3v) is 6.92. The van der Waals surface area contributed by atoms with Gasteiger partial charge in [0.2, 0.25) is 11.1 Å². The fraction of sp³-hybridized carbons (Fsp3) is 0.250. The number of carbonyl (C=O) groups is 1. The highest BCUT2D eigenvalue weighted by Crippen LogP contribution is 2.24. The molecule has 174 valence electrons. The summed E-state index contributed by atoms with van der Waals surface area (Å²) in [6.07, 6.45) is 0. The van der Waals surface area contributed by atoms with Crippen molar-refractivity contribution in [1.29, 1.82) is 0 Å². The van der Waals surface area contributed by atoms with Crippen LogP contribution >= 0.6 is 23.4 Å². The van der Waals surface area contributed by atoms with Gasteiger partial charge in [0.25, 0.3) is 0 Å². The fourth-order valence-corrected chi connectivity index (χ4v) is 4.77. The van der Waals surface area contributed by atoms with Crippen molar-refractivity contribution in [2.24, 2.45) is 0 Å². The number of anilines is 1. The molecule has 0 saturated carbocycles. The van der Waals surface area contributed by atoms with E-state index in [1.54, 1.807) is 11.6 Å². The maximum atomic E-state index is 12.8. The molecule has 5 rings (SSSR count). The Morgan fingerprint density at radius 1 is 0.971 bits per heavy atom. The topological polar surface area (TPSA) is 75.9 Å². The van der Waals surface area contributed by atoms with Gasteiger partial charge in [-0.05, 0) is 60.7 Å². The molecule has 0 N–H and O–H groups in total. The largest absolute Gasteiger partial charge is 0.497 e. The number of aromatic nitrogens is 4. The van der Waals surface area contributed by atoms with Crippen LogP contribution in [0.25, 0.3) is 16.9 Å². The first-order valence-corrected chi connectivity index (χ1v) is 12.2. The maximum absolute atomic E-state index is 12.8. The van der Waals surface area contributed by atoms with Crippen molar-refractivity contribution < 1.29 is 9.53 Å². The van der Waals surface area contributed by atoms with E-state index in [1.807, 2.05) is 65.6 Å². The maximum Gasteiger partial charge on any atom is 0.233 e. The van der Waals surface area contributed by atoms with Gasteiger partial charge in [0.15, 0.2) is 5.65 Å². The second-order valence-corrected chi connectivity index (χ2v) is 9.21. The molecule has 2 aromatic carbocycles. The zero-order valence-electron chi connectivity index (χ0n) is 18.6. The first-order chi connectivity index (χ1) is 16.6. The van der Waals surface area contributed by atoms with Gasteiger partial charge in [0.1, 0.15) is 5.75 Å². The highest BCUT2D eigenvalue weighted by atomic mass is 35.5. The molecular weight excluding hydrogens is 472 g/mol. The summed E-state index contributed by atoms with van der Waals surface area (Å²) >= 11 is 7.34. The second-order valence-electron chi connectivity index (χ2n) is 7.83. The number of amides is 1. The Balaban J connectivity index is 1.21. The van der Waals surface area contributed by atoms with E-state index in [0.29, 0.717) is 23.9 Å². The number of fused-ring (bicyclic) bond motifs is 1. The predicted octanol–water partition coefficient (Wildman–Crippen LogP) is 3.89. The zero-order chi connectivity index (χ0) is 23.5. The van der Waals surface area contributed by atoms with Gasteiger partial charge >= 0.3 is 0 Å². The number of ether oxygens (including phenoxy) is 1. The third kappa shape index (κ3) is 4.80. The number of hydrogen-bond acceptors (Lipinski definition) is 7. The highest BCUT2D eigenvalue weighted by Gasteiger charge is 2.22. The molecular formula is C24H23ClN6O2S. The van der Waals surface area contributed by atoms with Crippen molar-refractivity contribution >= 4 is 40.6 Å². The lowest BCUT2D eigenvalue weighted by atomic mass is 10.1. The summed E-state index contributed by atoms with van der Waals surface area (Å²) in [7, 11) is 1.64. The lowest BCUT2D eigenvalue weighted by Gasteiger charge is -2.36. The molecule has 1 aliphatic heterocycles. The number of benzene rings is 2. The summed E-state index contributed by atoms with van der Waals surface area (Å²) in [6, 6.07) is 19.3. The lowest BCUT2D eigenvalue weighted by Crippen LogP contribution is -2.49. The first-order valence-electron chi connectivity index (χ1n) is 10.9. The molecule has 2 aromatic heterocycles. The summed E-state index contributed by atoms with van der Waals surface area (Å²) in [4.78, 5) is 17.0. The van der Waals surface area contributed by atoms with Crippen LogP contribution in [-0.4, -0.2) is 69.7 Å². The number of hydrogen-bond donors (Lipinski definition) is 0. The van der Waals surface area contributed by atoms with Crippen LogP contribution in [0.1, 0.15) is 0 Å². The smallest absolute Gasteiger partial charge is 0.233 e. The van der Waals surface area contributed by atoms with Gasteiger partial charge in [0.05, 0.1) is 18.6 Å². The lowest BCUT2D eigenvalue weighted by molar-refractivity contribution is -0.128. The van der Waals surface area contributed by atoms with E-state index < -0.39 is 0 Å². The van der Waals surface area contributed by atoms with E-state index in [9.17, 15) is 4.79 Å². The molecule has 0 atom stereocenters. The van der Waals surface area contributed by atoms with E-state index in [0.717, 1.165) is 40.8 Å². The van der Waals surface area contributed by atoms with E-state index in [4.69, 9.17) is 21.4 Å². The number of thioether (sulfide) groups is 1. The van der Waals surface area contributed by atoms with Crippen LogP contribution in [-0.2, 0) is 4.79 Å². The molecule has 0 unspecified atom stereocenters. The van der Waals surface area contributed by atoms with Gasteiger partial charge in [-0.15, -0.1) is 10.2 Å². The minimum atomic E-state index is 0.0869. The van der Waals surface area contributed by atoms with Gasteiger partial charge in [0, 0.05) is 42.5 Å². The SMILES string of the molecule is COc1ccc(-c2ccc3nnc(SCC(=O)N4CCN(c5ccc(Cl)cc5)CC4)n3n2)cc1. The van der Waals surface area contributed by atoms with Gasteiger partial charge < -0.3 is 14.5 Å². The Labute approximate surface area is 206 Å². The number of nitrogens with zero attached hydrogens (tertiary/aromatic N) is 6. The number of rotatable bonds is 6. The van der Waals surface area contributed by atoms with Gasteiger partial charge in [-0.2, -0.15) is 9.61 Å². The van der Waals surface area contributed by atoms with Crippen LogP contribution in [0.15, 0.2) is 65.8 Å². The third-order valence-electron chi connectivity index (χ3n) is 5.77. The minimum absolute atomic E-state index is 0.0869. The molecule has 8 nitrogen and oxygen atoms in total. The Kier molecular flexibility index (Phi) is 6.55. The average Bonchev–Trinajstić information content (AvgIpc) is 3.30. The van der Waals surface area contributed by atoms with Crippen LogP contribution in [0.3, 0.4) is 0 Å². The quantitative estimate of drug-likeness (QED) is 0.376. The van der Waals surface area contributed by atoms with Crippen LogP contribution in [0.5, 0.6) is 5.75 Å². The van der Waals surface area contributed by atoms with Crippen LogP contribution in [0, 0.1) is 0 Å². The standard InChI is InChI=1S/C24H23ClN6O2S/c1-33-20-8-2-17(3-9-20)21-10-11-22-26-27-24(31(22)28-21)34-16-23(32)30-14-12-29(13-15-30)19-6-4-18(25)5-7-19/h2-11H,12-16H2,1H3. The minimum Gasteiger partial charge on any atom is -0.497 e. The van der Waals surface area contributed by atoms with Crippen LogP contribution in [0.4, 0.5) is 5.69 Å². The Morgan fingerprint density at radius 2 is 1.71 bits per heavy atom. The Morgan fingerprint density at radius 3 is 2.41 bits per heavy atom. The molecule has 1 amide bonds. The monoisotopic (exact) mass is 494 g/mol. The van der Waals surface area contributed by atoms with E-state index in [-0.39, 0.29) is 11.7 Å². The normalized spacial score (nSPS) is 13.9. The molecule has 0 aliphatic carbocycles. The average molecular weight is 495 g/mol. The molecule has 34 heavy (non-hydrogen) atoms. The predicted molar refractivity (Wildman–Crippen MR) is 134 cm³/mol. The molecule has 4 aromatic rings. The number of halogens is 1. The highest BCUT2D eigenvalue weighted by molar-refractivity contribution is 7.99. The summed E-state index contributed by atoms with van der Waals surface area (Å²) in [5, 5.41) is 14.4. The van der Waals surface area contributed by atoms with Crippen molar-refractivity contribution in [2.75, 3.05) is 43.9 Å². The number of methoxy groups -OCH3 is 1. The Bertz CT molecular complexity index is 1290. The van der Waals surface area contributed by atoms with E-state index in [2.05, 4.69) is 15.1 Å². The van der Waals surface area contributed by atoms with Crippen LogP contribution in [0.2, 0.25) is 5.02 Å². The summed E-state index contributed by atoms with van der Waals surface area (Å²) in [5.41, 5.74) is 3.52. The second kappa shape index (κ2) is 9.90. The van der Waals surface area contributed by atoms with Crippen molar-refractivity contribution in [3.05, 3.63) is 65.7 Å². The summed E-state index contributed by atoms with van der Waals surface area (Å²) in [5.74, 6) is 1.16. The molecule has 0 bridgehead atoms.